The molecule has 4 atom stereocenters. The van der Waals surface area contributed by atoms with Crippen molar-refractivity contribution in [3.05, 3.63) is 78.8 Å². The molecule has 0 fully saturated rings. The third-order valence-electron chi connectivity index (χ3n) is 6.74. The van der Waals surface area contributed by atoms with Gasteiger partial charge in [0.25, 0.3) is 0 Å². The van der Waals surface area contributed by atoms with Gasteiger partial charge in [0.2, 0.25) is 0 Å². The Bertz CT molecular complexity index is 1310. The Labute approximate surface area is 264 Å². The van der Waals surface area contributed by atoms with Gasteiger partial charge in [-0.3, -0.25) is 9.59 Å². The molecule has 14 heteroatoms. The van der Waals surface area contributed by atoms with Crippen molar-refractivity contribution in [1.82, 2.24) is 0 Å². The molecule has 0 saturated heterocycles. The van der Waals surface area contributed by atoms with E-state index in [9.17, 15) is 9.59 Å². The van der Waals surface area contributed by atoms with Crippen molar-refractivity contribution in [3.8, 4) is 0 Å². The Morgan fingerprint density at radius 2 is 0.778 bits per heavy atom. The van der Waals surface area contributed by atoms with Gasteiger partial charge < -0.3 is 0 Å². The molecular weight excluding hydrogens is 722 g/mol. The summed E-state index contributed by atoms with van der Waals surface area (Å²) in [7, 11) is 0. The minimum atomic E-state index is -1.93. The number of hydrogen-bond acceptors (Lipinski definition) is 2. The van der Waals surface area contributed by atoms with E-state index in [1.807, 2.05) is 0 Å². The van der Waals surface area contributed by atoms with Crippen molar-refractivity contribution < 1.29 is 9.59 Å². The van der Waals surface area contributed by atoms with Crippen molar-refractivity contribution in [2.24, 2.45) is 0 Å². The number of hydrogen-bond donors (Lipinski definition) is 0. The quantitative estimate of drug-likeness (QED) is 0.229. The average molecular weight is 728 g/mol. The predicted molar refractivity (Wildman–Crippen MR) is 152 cm³/mol. The molecule has 0 saturated carbocycles. The standard InChI is InChI=1S/C22H6Cl12O2/c23-13-15(25)19(29)9(5-17(13,27)21(19,31)32)11(35)7-1-2-8(4-3-7)12(36)10-6-18(28)14(24)16(26)20(10,30)22(18,33)34/h1-6H/t17-,18-,19+,20+/m0/s1. The summed E-state index contributed by atoms with van der Waals surface area (Å²) in [5.74, 6) is -1.16. The lowest BCUT2D eigenvalue weighted by molar-refractivity contribution is 0.101. The van der Waals surface area contributed by atoms with Gasteiger partial charge in [0.1, 0.15) is 19.5 Å². The number of alkyl halides is 8. The van der Waals surface area contributed by atoms with Crippen LogP contribution in [0, 0.1) is 0 Å². The Hall–Kier alpha value is 1.000. The van der Waals surface area contributed by atoms with Gasteiger partial charge in [-0.05, 0) is 12.2 Å². The molecular formula is C22H6Cl12O2. The molecule has 36 heavy (non-hydrogen) atoms. The molecule has 4 aliphatic carbocycles. The van der Waals surface area contributed by atoms with Gasteiger partial charge in [-0.1, -0.05) is 117 Å². The van der Waals surface area contributed by atoms with E-state index in [0.29, 0.717) is 0 Å². The lowest BCUT2D eigenvalue weighted by atomic mass is 9.90. The van der Waals surface area contributed by atoms with Crippen LogP contribution in [-0.4, -0.2) is 39.7 Å². The highest BCUT2D eigenvalue weighted by molar-refractivity contribution is 6.69. The first-order chi connectivity index (χ1) is 16.4. The molecule has 0 spiro atoms. The summed E-state index contributed by atoms with van der Waals surface area (Å²) in [5.41, 5.74) is 0.157. The molecule has 190 valence electrons. The van der Waals surface area contributed by atoms with E-state index in [-0.39, 0.29) is 42.4 Å². The SMILES string of the molecule is O=C(C1=C[C@]2(Cl)C(Cl)=C(Cl)[C@@]1(Cl)C2(Cl)Cl)c1ccc(C(=O)C2=C[C@]3(Cl)C(Cl)=C(Cl)[C@@]2(Cl)C3(Cl)Cl)cc1. The zero-order valence-electron chi connectivity index (χ0n) is 16.8. The predicted octanol–water partition coefficient (Wildman–Crippen LogP) is 9.60. The summed E-state index contributed by atoms with van der Waals surface area (Å²) in [6, 6.07) is 5.54. The molecule has 0 aliphatic heterocycles. The smallest absolute Gasteiger partial charge is 0.191 e. The van der Waals surface area contributed by atoms with Crippen molar-refractivity contribution >= 4 is 151 Å². The fourth-order valence-corrected chi connectivity index (χ4v) is 9.66. The first-order valence-corrected chi connectivity index (χ1v) is 14.2. The van der Waals surface area contributed by atoms with E-state index in [1.54, 1.807) is 0 Å². The second kappa shape index (κ2) is 8.28. The number of ketones is 2. The number of carbonyl (C=O) groups is 2. The van der Waals surface area contributed by atoms with Crippen LogP contribution >= 0.6 is 139 Å². The van der Waals surface area contributed by atoms with Crippen molar-refractivity contribution in [2.75, 3.05) is 0 Å². The molecule has 1 aromatic rings. The first kappa shape index (κ1) is 28.5. The Balaban J connectivity index is 1.47. The molecule has 0 aromatic heterocycles. The van der Waals surface area contributed by atoms with Crippen LogP contribution in [0.5, 0.6) is 0 Å². The number of allylic oxidation sites excluding steroid dienone is 8. The Kier molecular flexibility index (Phi) is 6.56. The molecule has 0 radical (unpaired) electrons. The number of Topliss-reactive ketones (excluding diaryl/α,β-unsaturated/α-hetero) is 2. The highest BCUT2D eigenvalue weighted by Gasteiger charge is 2.77. The van der Waals surface area contributed by atoms with Gasteiger partial charge in [-0.15, -0.1) is 46.4 Å². The minimum absolute atomic E-state index is 0.0575. The van der Waals surface area contributed by atoms with E-state index in [4.69, 9.17) is 139 Å². The molecule has 5 rings (SSSR count). The zero-order chi connectivity index (χ0) is 27.0. The third kappa shape index (κ3) is 2.96. The summed E-state index contributed by atoms with van der Waals surface area (Å²) < 4.78 is -3.86. The molecule has 0 N–H and O–H groups in total. The number of carbonyl (C=O) groups excluding carboxylic acids is 2. The molecule has 4 bridgehead atoms. The molecule has 2 nitrogen and oxygen atoms in total. The topological polar surface area (TPSA) is 34.1 Å². The van der Waals surface area contributed by atoms with Crippen LogP contribution in [0.4, 0.5) is 0 Å². The molecule has 0 unspecified atom stereocenters. The fraction of sp³-hybridized carbons (Fsp3) is 0.273. The minimum Gasteiger partial charge on any atom is -0.289 e. The van der Waals surface area contributed by atoms with Gasteiger partial charge in [-0.2, -0.15) is 0 Å². The Morgan fingerprint density at radius 3 is 1.00 bits per heavy atom. The molecule has 0 heterocycles. The van der Waals surface area contributed by atoms with E-state index >= 15 is 0 Å². The average Bonchev–Trinajstić information content (AvgIpc) is 3.19. The summed E-state index contributed by atoms with van der Waals surface area (Å²) in [4.78, 5) is 19.6. The fourth-order valence-electron chi connectivity index (χ4n) is 4.68. The summed E-state index contributed by atoms with van der Waals surface area (Å²) in [6.45, 7) is 0. The largest absolute Gasteiger partial charge is 0.289 e. The van der Waals surface area contributed by atoms with Crippen molar-refractivity contribution in [2.45, 2.75) is 28.2 Å². The highest BCUT2D eigenvalue weighted by atomic mass is 35.5. The highest BCUT2D eigenvalue weighted by Crippen LogP contribution is 2.73. The van der Waals surface area contributed by atoms with E-state index < -0.39 is 39.7 Å². The lowest BCUT2D eigenvalue weighted by Crippen LogP contribution is -2.45. The number of rotatable bonds is 4. The van der Waals surface area contributed by atoms with Crippen LogP contribution in [0.25, 0.3) is 0 Å². The maximum atomic E-state index is 13.4. The number of halogens is 12. The summed E-state index contributed by atoms with van der Waals surface area (Å²) in [6.07, 6.45) is 2.57. The van der Waals surface area contributed by atoms with Crippen molar-refractivity contribution in [3.63, 3.8) is 0 Å². The van der Waals surface area contributed by atoms with E-state index in [0.717, 1.165) is 0 Å². The summed E-state index contributed by atoms with van der Waals surface area (Å²) in [5, 5.41) is -0.444. The van der Waals surface area contributed by atoms with Crippen LogP contribution in [0.15, 0.2) is 67.7 Å². The van der Waals surface area contributed by atoms with E-state index in [2.05, 4.69) is 0 Å². The van der Waals surface area contributed by atoms with Crippen LogP contribution in [0.2, 0.25) is 0 Å². The van der Waals surface area contributed by atoms with Gasteiger partial charge in [-0.25, -0.2) is 0 Å². The van der Waals surface area contributed by atoms with Crippen LogP contribution in [0.1, 0.15) is 20.7 Å². The van der Waals surface area contributed by atoms with Gasteiger partial charge in [0.15, 0.2) is 20.2 Å². The molecule has 4 aliphatic rings. The number of benzene rings is 1. The van der Waals surface area contributed by atoms with Gasteiger partial charge in [0.05, 0.1) is 20.1 Å². The maximum absolute atomic E-state index is 13.4. The first-order valence-electron chi connectivity index (χ1n) is 9.65. The van der Waals surface area contributed by atoms with Crippen LogP contribution in [0.3, 0.4) is 0 Å². The van der Waals surface area contributed by atoms with Crippen LogP contribution in [-0.2, 0) is 0 Å². The maximum Gasteiger partial charge on any atom is 0.191 e. The monoisotopic (exact) mass is 722 g/mol. The second-order valence-electron chi connectivity index (χ2n) is 8.50. The summed E-state index contributed by atoms with van der Waals surface area (Å²) >= 11 is 77.1. The van der Waals surface area contributed by atoms with Gasteiger partial charge in [0, 0.05) is 22.3 Å². The third-order valence-corrected chi connectivity index (χ3v) is 14.9. The van der Waals surface area contributed by atoms with Gasteiger partial charge >= 0.3 is 0 Å². The lowest BCUT2D eigenvalue weighted by Gasteiger charge is -2.33. The van der Waals surface area contributed by atoms with Crippen LogP contribution < -0.4 is 0 Å². The van der Waals surface area contributed by atoms with Crippen molar-refractivity contribution in [1.29, 1.82) is 0 Å². The second-order valence-corrected chi connectivity index (χ2v) is 15.0. The zero-order valence-corrected chi connectivity index (χ0v) is 25.9. The number of fused-ring (bicyclic) bond motifs is 4. The molecule has 0 amide bonds. The molecule has 1 aromatic carbocycles. The van der Waals surface area contributed by atoms with E-state index in [1.165, 1.54) is 36.4 Å². The Morgan fingerprint density at radius 1 is 0.500 bits per heavy atom. The normalized spacial score (nSPS) is 37.6.